The average Bonchev–Trinajstić information content (AvgIpc) is 2.42. The average molecular weight is 293 g/mol. The largest absolute Gasteiger partial charge is 0.493 e. The summed E-state index contributed by atoms with van der Waals surface area (Å²) >= 11 is 0. The highest BCUT2D eigenvalue weighted by Gasteiger charge is 2.15. The highest BCUT2D eigenvalue weighted by Crippen LogP contribution is 2.19. The predicted octanol–water partition coefficient (Wildman–Crippen LogP) is 2.60. The second kappa shape index (κ2) is 8.67. The molecule has 1 rings (SSSR count). The molecule has 1 amide bonds. The van der Waals surface area contributed by atoms with Gasteiger partial charge in [0.05, 0.1) is 13.0 Å². The zero-order valence-corrected chi connectivity index (χ0v) is 13.5. The Morgan fingerprint density at radius 3 is 2.67 bits per heavy atom. The van der Waals surface area contributed by atoms with E-state index >= 15 is 0 Å². The van der Waals surface area contributed by atoms with Crippen LogP contribution in [0.1, 0.15) is 37.8 Å². The number of nitrogens with one attached hydrogen (secondary N) is 1. The number of aliphatic hydroxyl groups excluding tert-OH is 1. The number of carbonyl (C=O) groups excluding carboxylic acids is 1. The molecule has 2 N–H and O–H groups in total. The lowest BCUT2D eigenvalue weighted by Crippen LogP contribution is -2.39. The molecule has 1 atom stereocenters. The SMILES string of the molecule is Cc1ccc(C)c(OCCC(=O)NC(CCO)C(C)C)c1. The Kier molecular flexibility index (Phi) is 7.23. The number of aryl methyl sites for hydroxylation is 2. The highest BCUT2D eigenvalue weighted by atomic mass is 16.5. The van der Waals surface area contributed by atoms with E-state index < -0.39 is 0 Å². The zero-order valence-electron chi connectivity index (χ0n) is 13.5. The molecule has 0 aliphatic rings. The topological polar surface area (TPSA) is 58.6 Å². The molecule has 0 saturated carbocycles. The summed E-state index contributed by atoms with van der Waals surface area (Å²) in [6, 6.07) is 6.05. The molecule has 0 fully saturated rings. The van der Waals surface area contributed by atoms with E-state index in [1.54, 1.807) is 0 Å². The lowest BCUT2D eigenvalue weighted by Gasteiger charge is -2.21. The van der Waals surface area contributed by atoms with Crippen molar-refractivity contribution in [3.8, 4) is 5.75 Å². The number of ether oxygens (including phenoxy) is 1. The van der Waals surface area contributed by atoms with E-state index in [2.05, 4.69) is 5.32 Å². The van der Waals surface area contributed by atoms with Gasteiger partial charge in [-0.15, -0.1) is 0 Å². The van der Waals surface area contributed by atoms with Crippen LogP contribution in [0.2, 0.25) is 0 Å². The molecule has 118 valence electrons. The first-order valence-electron chi connectivity index (χ1n) is 7.54. The smallest absolute Gasteiger partial charge is 0.223 e. The van der Waals surface area contributed by atoms with E-state index in [1.165, 1.54) is 0 Å². The Hall–Kier alpha value is -1.55. The number of amides is 1. The van der Waals surface area contributed by atoms with Gasteiger partial charge in [-0.25, -0.2) is 0 Å². The highest BCUT2D eigenvalue weighted by molar-refractivity contribution is 5.76. The van der Waals surface area contributed by atoms with Crippen LogP contribution in [-0.4, -0.2) is 30.3 Å². The van der Waals surface area contributed by atoms with E-state index in [9.17, 15) is 4.79 Å². The Labute approximate surface area is 127 Å². The lowest BCUT2D eigenvalue weighted by molar-refractivity contribution is -0.122. The number of aliphatic hydroxyl groups is 1. The molecule has 0 aliphatic carbocycles. The van der Waals surface area contributed by atoms with Crippen molar-refractivity contribution in [1.29, 1.82) is 0 Å². The fourth-order valence-electron chi connectivity index (χ4n) is 2.11. The second-order valence-electron chi connectivity index (χ2n) is 5.80. The van der Waals surface area contributed by atoms with E-state index in [0.29, 0.717) is 25.4 Å². The third-order valence-electron chi connectivity index (χ3n) is 3.52. The molecule has 4 nitrogen and oxygen atoms in total. The van der Waals surface area contributed by atoms with Crippen molar-refractivity contribution in [3.63, 3.8) is 0 Å². The third kappa shape index (κ3) is 6.17. The van der Waals surface area contributed by atoms with Crippen LogP contribution >= 0.6 is 0 Å². The predicted molar refractivity (Wildman–Crippen MR) is 84.5 cm³/mol. The summed E-state index contributed by atoms with van der Waals surface area (Å²) in [5, 5.41) is 12.0. The van der Waals surface area contributed by atoms with Gasteiger partial charge in [-0.2, -0.15) is 0 Å². The Bertz CT molecular complexity index is 457. The van der Waals surface area contributed by atoms with Gasteiger partial charge < -0.3 is 15.2 Å². The summed E-state index contributed by atoms with van der Waals surface area (Å²) in [6.45, 7) is 8.52. The van der Waals surface area contributed by atoms with Gasteiger partial charge in [0.2, 0.25) is 5.91 Å². The first-order chi connectivity index (χ1) is 9.93. The molecular weight excluding hydrogens is 266 g/mol. The number of hydrogen-bond acceptors (Lipinski definition) is 3. The van der Waals surface area contributed by atoms with Crippen LogP contribution in [-0.2, 0) is 4.79 Å². The van der Waals surface area contributed by atoms with E-state index in [1.807, 2.05) is 45.9 Å². The van der Waals surface area contributed by atoms with Gasteiger partial charge in [0.1, 0.15) is 5.75 Å². The molecular formula is C17H27NO3. The summed E-state index contributed by atoms with van der Waals surface area (Å²) in [4.78, 5) is 11.9. The van der Waals surface area contributed by atoms with Gasteiger partial charge in [-0.3, -0.25) is 4.79 Å². The molecule has 0 aromatic heterocycles. The van der Waals surface area contributed by atoms with Gasteiger partial charge in [0.25, 0.3) is 0 Å². The zero-order chi connectivity index (χ0) is 15.8. The van der Waals surface area contributed by atoms with E-state index in [0.717, 1.165) is 16.9 Å². The van der Waals surface area contributed by atoms with Crippen LogP contribution in [0.15, 0.2) is 18.2 Å². The van der Waals surface area contributed by atoms with Crippen LogP contribution in [0.25, 0.3) is 0 Å². The van der Waals surface area contributed by atoms with Gasteiger partial charge >= 0.3 is 0 Å². The maximum Gasteiger partial charge on any atom is 0.223 e. The monoisotopic (exact) mass is 293 g/mol. The fraction of sp³-hybridized carbons (Fsp3) is 0.588. The second-order valence-corrected chi connectivity index (χ2v) is 5.80. The van der Waals surface area contributed by atoms with E-state index in [-0.39, 0.29) is 18.6 Å². The molecule has 0 saturated heterocycles. The van der Waals surface area contributed by atoms with Gasteiger partial charge in [-0.05, 0) is 43.4 Å². The van der Waals surface area contributed by atoms with Crippen molar-refractivity contribution in [2.24, 2.45) is 5.92 Å². The molecule has 0 bridgehead atoms. The number of carbonyl (C=O) groups is 1. The molecule has 4 heteroatoms. The van der Waals surface area contributed by atoms with Gasteiger partial charge in [0.15, 0.2) is 0 Å². The molecule has 0 heterocycles. The van der Waals surface area contributed by atoms with Crippen molar-refractivity contribution in [2.45, 2.75) is 46.6 Å². The summed E-state index contributed by atoms with van der Waals surface area (Å²) in [6.07, 6.45) is 0.906. The molecule has 0 spiro atoms. The van der Waals surface area contributed by atoms with Crippen LogP contribution in [0.4, 0.5) is 0 Å². The van der Waals surface area contributed by atoms with Crippen molar-refractivity contribution in [1.82, 2.24) is 5.32 Å². The van der Waals surface area contributed by atoms with Crippen LogP contribution in [0, 0.1) is 19.8 Å². The normalized spacial score (nSPS) is 12.3. The maximum atomic E-state index is 11.9. The molecule has 0 radical (unpaired) electrons. The summed E-state index contributed by atoms with van der Waals surface area (Å²) < 4.78 is 5.68. The Morgan fingerprint density at radius 2 is 2.05 bits per heavy atom. The van der Waals surface area contributed by atoms with Crippen molar-refractivity contribution >= 4 is 5.91 Å². The van der Waals surface area contributed by atoms with Gasteiger partial charge in [0, 0.05) is 12.6 Å². The summed E-state index contributed by atoms with van der Waals surface area (Å²) in [5.74, 6) is 1.10. The minimum absolute atomic E-state index is 0.0169. The Balaban J connectivity index is 2.41. The molecule has 1 aromatic carbocycles. The molecule has 0 aliphatic heterocycles. The molecule has 21 heavy (non-hydrogen) atoms. The first-order valence-corrected chi connectivity index (χ1v) is 7.54. The van der Waals surface area contributed by atoms with Crippen molar-refractivity contribution < 1.29 is 14.6 Å². The minimum Gasteiger partial charge on any atom is -0.493 e. The summed E-state index contributed by atoms with van der Waals surface area (Å²) in [7, 11) is 0. The summed E-state index contributed by atoms with van der Waals surface area (Å²) in [5.41, 5.74) is 2.21. The number of hydrogen-bond donors (Lipinski definition) is 2. The standard InChI is InChI=1S/C17H27NO3/c1-12(2)15(7-9-19)18-17(20)8-10-21-16-11-13(3)5-6-14(16)4/h5-6,11-12,15,19H,7-10H2,1-4H3,(H,18,20). The Morgan fingerprint density at radius 1 is 1.33 bits per heavy atom. The van der Waals surface area contributed by atoms with Crippen LogP contribution in [0.5, 0.6) is 5.75 Å². The van der Waals surface area contributed by atoms with Crippen LogP contribution in [0.3, 0.4) is 0 Å². The fourth-order valence-corrected chi connectivity index (χ4v) is 2.11. The first kappa shape index (κ1) is 17.5. The van der Waals surface area contributed by atoms with E-state index in [4.69, 9.17) is 9.84 Å². The lowest BCUT2D eigenvalue weighted by atomic mass is 10.0. The van der Waals surface area contributed by atoms with Crippen LogP contribution < -0.4 is 10.1 Å². The quantitative estimate of drug-likeness (QED) is 0.774. The third-order valence-corrected chi connectivity index (χ3v) is 3.52. The number of benzene rings is 1. The van der Waals surface area contributed by atoms with Crippen molar-refractivity contribution in [3.05, 3.63) is 29.3 Å². The maximum absolute atomic E-state index is 11.9. The molecule has 1 unspecified atom stereocenters. The van der Waals surface area contributed by atoms with Crippen molar-refractivity contribution in [2.75, 3.05) is 13.2 Å². The number of rotatable bonds is 8. The molecule has 1 aromatic rings. The van der Waals surface area contributed by atoms with Gasteiger partial charge in [-0.1, -0.05) is 26.0 Å². The minimum atomic E-state index is -0.0348.